The van der Waals surface area contributed by atoms with E-state index >= 15 is 0 Å². The van der Waals surface area contributed by atoms with Crippen molar-refractivity contribution in [2.45, 2.75) is 12.2 Å². The Labute approximate surface area is 147 Å². The molecular weight excluding hydrogens is 355 g/mol. The largest absolute Gasteiger partial charge is 0.496 e. The minimum Gasteiger partial charge on any atom is -0.496 e. The summed E-state index contributed by atoms with van der Waals surface area (Å²) < 4.78 is 45.4. The number of carboxylic acids is 1. The first-order chi connectivity index (χ1) is 11.7. The lowest BCUT2D eigenvalue weighted by Crippen LogP contribution is -2.30. The van der Waals surface area contributed by atoms with Crippen LogP contribution in [0.1, 0.15) is 17.2 Å². The third-order valence-electron chi connectivity index (χ3n) is 3.87. The van der Waals surface area contributed by atoms with Gasteiger partial charge in [-0.15, -0.1) is 0 Å². The molecule has 0 aliphatic carbocycles. The monoisotopic (exact) mass is 371 g/mol. The van der Waals surface area contributed by atoms with Gasteiger partial charge in [0.1, 0.15) is 11.3 Å². The van der Waals surface area contributed by atoms with Crippen LogP contribution in [-0.2, 0) is 11.0 Å². The second kappa shape index (κ2) is 7.37. The number of nitrogens with zero attached hydrogens (tertiary/aromatic N) is 1. The molecule has 2 aromatic rings. The number of carboxylic acid groups (broad SMARTS) is 1. The lowest BCUT2D eigenvalue weighted by Gasteiger charge is -2.25. The van der Waals surface area contributed by atoms with E-state index in [2.05, 4.69) is 0 Å². The van der Waals surface area contributed by atoms with Crippen molar-refractivity contribution in [1.82, 2.24) is 4.90 Å². The third kappa shape index (κ3) is 3.91. The maximum Gasteiger partial charge on any atom is 0.420 e. The first kappa shape index (κ1) is 19.1. The normalized spacial score (nSPS) is 13.0. The Bertz CT molecular complexity index is 808. The lowest BCUT2D eigenvalue weighted by molar-refractivity contribution is -0.138. The molecule has 1 N–H and O–H groups in total. The van der Waals surface area contributed by atoms with Gasteiger partial charge in [0.05, 0.1) is 19.7 Å². The van der Waals surface area contributed by atoms with Crippen molar-refractivity contribution in [3.8, 4) is 5.75 Å². The number of rotatable bonds is 6. The van der Waals surface area contributed by atoms with E-state index in [1.807, 2.05) is 0 Å². The molecule has 4 nitrogen and oxygen atoms in total. The highest BCUT2D eigenvalue weighted by Gasteiger charge is 2.37. The van der Waals surface area contributed by atoms with Gasteiger partial charge in [0.2, 0.25) is 0 Å². The Balaban J connectivity index is 2.71. The van der Waals surface area contributed by atoms with Crippen LogP contribution < -0.4 is 4.74 Å². The molecule has 1 atom stereocenters. The summed E-state index contributed by atoms with van der Waals surface area (Å²) >= 11 is 5.00. The van der Waals surface area contributed by atoms with Crippen LogP contribution in [0.2, 0.25) is 0 Å². The fourth-order valence-corrected chi connectivity index (χ4v) is 3.16. The van der Waals surface area contributed by atoms with E-state index in [9.17, 15) is 18.0 Å². The highest BCUT2D eigenvalue weighted by molar-refractivity contribution is 7.79. The van der Waals surface area contributed by atoms with Gasteiger partial charge >= 0.3 is 12.1 Å². The quantitative estimate of drug-likeness (QED) is 0.780. The summed E-state index contributed by atoms with van der Waals surface area (Å²) in [5.74, 6) is -1.32. The van der Waals surface area contributed by atoms with Crippen molar-refractivity contribution < 1.29 is 27.8 Å². The van der Waals surface area contributed by atoms with Gasteiger partial charge in [-0.2, -0.15) is 13.2 Å². The number of fused-ring (bicyclic) bond motifs is 1. The van der Waals surface area contributed by atoms with Crippen LogP contribution in [0.25, 0.3) is 10.8 Å². The van der Waals surface area contributed by atoms with Crippen molar-refractivity contribution in [3.63, 3.8) is 0 Å². The molecule has 1 unspecified atom stereocenters. The first-order valence-corrected chi connectivity index (χ1v) is 7.72. The number of thiocarbonyl (C=S) groups is 1. The molecule has 2 aromatic carbocycles. The van der Waals surface area contributed by atoms with Crippen LogP contribution in [0, 0.1) is 0 Å². The Morgan fingerprint density at radius 2 is 2.00 bits per heavy atom. The summed E-state index contributed by atoms with van der Waals surface area (Å²) in [5, 5.41) is 10.6. The predicted octanol–water partition coefficient (Wildman–Crippen LogP) is 3.92. The van der Waals surface area contributed by atoms with Crippen LogP contribution in [0.15, 0.2) is 30.3 Å². The zero-order chi connectivity index (χ0) is 18.8. The summed E-state index contributed by atoms with van der Waals surface area (Å²) in [6.07, 6.45) is -4.59. The SMILES string of the molecule is COc1ccc2c(C(C=S)N(C)CC(=O)O)cccc2c1C(F)(F)F. The average Bonchev–Trinajstić information content (AvgIpc) is 2.52. The van der Waals surface area contributed by atoms with Crippen LogP contribution in [0.4, 0.5) is 13.2 Å². The molecule has 2 rings (SSSR count). The van der Waals surface area contributed by atoms with Gasteiger partial charge in [0.15, 0.2) is 0 Å². The zero-order valence-corrected chi connectivity index (χ0v) is 14.3. The Kier molecular flexibility index (Phi) is 5.64. The topological polar surface area (TPSA) is 49.8 Å². The summed E-state index contributed by atoms with van der Waals surface area (Å²) in [6, 6.07) is 6.66. The molecule has 0 saturated carbocycles. The molecule has 25 heavy (non-hydrogen) atoms. The highest BCUT2D eigenvalue weighted by Crippen LogP contribution is 2.42. The van der Waals surface area contributed by atoms with Gasteiger partial charge in [-0.1, -0.05) is 36.5 Å². The Morgan fingerprint density at radius 1 is 1.32 bits per heavy atom. The van der Waals surface area contributed by atoms with Gasteiger partial charge < -0.3 is 9.84 Å². The number of benzene rings is 2. The number of halogens is 3. The molecule has 0 aliphatic heterocycles. The molecule has 0 spiro atoms. The van der Waals surface area contributed by atoms with Crippen molar-refractivity contribution in [2.75, 3.05) is 20.7 Å². The summed E-state index contributed by atoms with van der Waals surface area (Å²) in [6.45, 7) is -0.295. The van der Waals surface area contributed by atoms with E-state index in [4.69, 9.17) is 22.1 Å². The van der Waals surface area contributed by atoms with Crippen molar-refractivity contribution in [1.29, 1.82) is 0 Å². The molecule has 0 heterocycles. The van der Waals surface area contributed by atoms with Crippen molar-refractivity contribution in [3.05, 3.63) is 41.5 Å². The molecule has 8 heteroatoms. The lowest BCUT2D eigenvalue weighted by atomic mass is 9.95. The van der Waals surface area contributed by atoms with E-state index in [1.54, 1.807) is 13.1 Å². The molecule has 0 radical (unpaired) electrons. The first-order valence-electron chi connectivity index (χ1n) is 7.24. The van der Waals surface area contributed by atoms with E-state index in [1.165, 1.54) is 41.6 Å². The predicted molar refractivity (Wildman–Crippen MR) is 92.2 cm³/mol. The highest BCUT2D eigenvalue weighted by atomic mass is 32.1. The summed E-state index contributed by atoms with van der Waals surface area (Å²) in [4.78, 5) is 12.4. The van der Waals surface area contributed by atoms with Gasteiger partial charge in [-0.05, 0) is 29.4 Å². The molecule has 0 aliphatic rings. The zero-order valence-electron chi connectivity index (χ0n) is 13.5. The third-order valence-corrected chi connectivity index (χ3v) is 4.13. The number of likely N-dealkylation sites (N-methyl/N-ethyl adjacent to an activating group) is 1. The minimum absolute atomic E-state index is 0.0186. The number of alkyl halides is 3. The van der Waals surface area contributed by atoms with Gasteiger partial charge in [-0.3, -0.25) is 9.69 Å². The maximum atomic E-state index is 13.5. The molecule has 0 amide bonds. The Morgan fingerprint density at radius 3 is 2.52 bits per heavy atom. The Hall–Kier alpha value is -2.19. The summed E-state index contributed by atoms with van der Waals surface area (Å²) in [5.41, 5.74) is -0.359. The van der Waals surface area contributed by atoms with Gasteiger partial charge in [0, 0.05) is 5.37 Å². The molecular formula is C17H16F3NO3S. The fraction of sp³-hybridized carbons (Fsp3) is 0.294. The second-order valence-corrected chi connectivity index (χ2v) is 5.74. The smallest absolute Gasteiger partial charge is 0.420 e. The summed E-state index contributed by atoms with van der Waals surface area (Å²) in [7, 11) is 2.73. The second-order valence-electron chi connectivity index (χ2n) is 5.47. The number of hydrogen-bond donors (Lipinski definition) is 1. The van der Waals surface area contributed by atoms with E-state index in [0.717, 1.165) is 0 Å². The molecule has 0 fully saturated rings. The van der Waals surface area contributed by atoms with E-state index in [0.29, 0.717) is 10.9 Å². The number of ether oxygens (including phenoxy) is 1. The number of aliphatic carboxylic acids is 1. The number of methoxy groups -OCH3 is 1. The molecule has 0 aromatic heterocycles. The fourth-order valence-electron chi connectivity index (χ4n) is 2.81. The van der Waals surface area contributed by atoms with Gasteiger partial charge in [0.25, 0.3) is 0 Å². The maximum absolute atomic E-state index is 13.5. The van der Waals surface area contributed by atoms with E-state index < -0.39 is 23.8 Å². The minimum atomic E-state index is -4.59. The molecule has 0 bridgehead atoms. The van der Waals surface area contributed by atoms with Crippen molar-refractivity contribution in [2.24, 2.45) is 0 Å². The average molecular weight is 371 g/mol. The number of hydrogen-bond acceptors (Lipinski definition) is 4. The van der Waals surface area contributed by atoms with Crippen LogP contribution in [0.3, 0.4) is 0 Å². The number of carbonyl (C=O) groups is 1. The molecule has 0 saturated heterocycles. The van der Waals surface area contributed by atoms with Crippen LogP contribution >= 0.6 is 12.2 Å². The van der Waals surface area contributed by atoms with Crippen molar-refractivity contribution >= 4 is 34.3 Å². The van der Waals surface area contributed by atoms with Gasteiger partial charge in [-0.25, -0.2) is 0 Å². The van der Waals surface area contributed by atoms with Crippen LogP contribution in [-0.4, -0.2) is 42.0 Å². The molecule has 134 valence electrons. The standard InChI is InChI=1S/C17H16F3NO3S/c1-21(8-15(22)23)13(9-25)11-4-3-5-12-10(11)6-7-14(24-2)16(12)17(18,19)20/h3-7,9,13H,8H2,1-2H3,(H,22,23). The van der Waals surface area contributed by atoms with Crippen LogP contribution in [0.5, 0.6) is 5.75 Å². The van der Waals surface area contributed by atoms with E-state index in [-0.39, 0.29) is 17.7 Å².